The zero-order valence-electron chi connectivity index (χ0n) is 37.5. The Morgan fingerprint density at radius 3 is 2.25 bits per heavy atom. The van der Waals surface area contributed by atoms with E-state index in [1.54, 1.807) is 18.0 Å². The molecule has 1 heterocycles. The Balaban J connectivity index is 1.32. The molecule has 64 heavy (non-hydrogen) atoms. The lowest BCUT2D eigenvalue weighted by molar-refractivity contribution is -0.253. The normalized spacial score (nSPS) is 22.7. The third-order valence-electron chi connectivity index (χ3n) is 12.9. The van der Waals surface area contributed by atoms with Crippen LogP contribution in [0.5, 0.6) is 17.2 Å². The number of aliphatic hydroxyl groups is 2. The van der Waals surface area contributed by atoms with Crippen LogP contribution in [0.4, 0.5) is 4.79 Å². The summed E-state index contributed by atoms with van der Waals surface area (Å²) >= 11 is 0. The number of amides is 1. The Morgan fingerprint density at radius 2 is 1.55 bits per heavy atom. The van der Waals surface area contributed by atoms with Crippen molar-refractivity contribution in [1.82, 2.24) is 4.90 Å². The van der Waals surface area contributed by atoms with E-state index < -0.39 is 23.8 Å². The topological polar surface area (TPSA) is 129 Å². The Morgan fingerprint density at radius 1 is 0.859 bits per heavy atom. The molecule has 0 spiro atoms. The monoisotopic (exact) mass is 872 g/mol. The molecule has 11 heteroatoms. The van der Waals surface area contributed by atoms with Crippen LogP contribution in [0.15, 0.2) is 127 Å². The number of nitrogens with zero attached hydrogens (tertiary/aromatic N) is 2. The molecular formula is C53H64N2O9. The van der Waals surface area contributed by atoms with Gasteiger partial charge in [-0.1, -0.05) is 96.9 Å². The quantitative estimate of drug-likeness (QED) is 0.0451. The lowest BCUT2D eigenvalue weighted by atomic mass is 9.55. The van der Waals surface area contributed by atoms with E-state index in [1.807, 2.05) is 84.9 Å². The van der Waals surface area contributed by atoms with E-state index in [0.717, 1.165) is 59.3 Å². The SMILES string of the molecule is C=CCOC12Oc3ccc(Oc4ccc(C)c(C)c4)cc3C3C(CCCCO)C(CCCCO)C=C(C(=NOCc4ccccc4)CC1N(C)C(=O)OCCOCc1ccccc1)C32. The van der Waals surface area contributed by atoms with Crippen molar-refractivity contribution in [3.05, 3.63) is 149 Å². The fraction of sp³-hybridized carbons (Fsp3) is 0.434. The maximum absolute atomic E-state index is 14.2. The second-order valence-electron chi connectivity index (χ2n) is 17.1. The first kappa shape index (κ1) is 46.5. The van der Waals surface area contributed by atoms with E-state index in [0.29, 0.717) is 36.7 Å². The van der Waals surface area contributed by atoms with Crippen molar-refractivity contribution in [3.8, 4) is 17.2 Å². The van der Waals surface area contributed by atoms with Crippen molar-refractivity contribution in [2.75, 3.05) is 40.1 Å². The number of fused-ring (bicyclic) bond motifs is 2. The molecule has 11 nitrogen and oxygen atoms in total. The number of rotatable bonds is 22. The number of hydrogen-bond acceptors (Lipinski definition) is 10. The van der Waals surface area contributed by atoms with Crippen molar-refractivity contribution in [3.63, 3.8) is 0 Å². The molecule has 1 amide bonds. The number of oxime groups is 1. The molecule has 6 unspecified atom stereocenters. The van der Waals surface area contributed by atoms with Crippen LogP contribution in [0.1, 0.15) is 78.7 Å². The summed E-state index contributed by atoms with van der Waals surface area (Å²) in [6, 6.07) is 31.1. The molecule has 7 rings (SSSR count). The summed E-state index contributed by atoms with van der Waals surface area (Å²) < 4.78 is 32.6. The number of aryl methyl sites for hydroxylation is 2. The Labute approximate surface area is 378 Å². The van der Waals surface area contributed by atoms with Crippen LogP contribution in [0.2, 0.25) is 0 Å². The first-order valence-electron chi connectivity index (χ1n) is 22.8. The van der Waals surface area contributed by atoms with Gasteiger partial charge in [0.2, 0.25) is 5.79 Å². The third-order valence-corrected chi connectivity index (χ3v) is 12.9. The average molecular weight is 873 g/mol. The standard InChI is InChI=1S/C53H64N2O9/c1-5-28-61-53-49(55(4)52(58)60-30-29-59-35-39-16-8-6-9-17-39)34-47(54-62-36-40-18-10-7-11-19-40)45-32-41(20-12-14-26-56)44(21-13-15-27-57)50(51(45)53)46-33-43(24-25-48(46)64-53)63-42-23-22-37(2)38(3)31-42/h5-11,16-19,22-25,31-33,41,44,49-51,56-57H,1,12-15,20-21,26-30,34-36H2,2-4H3. The van der Waals surface area contributed by atoms with Gasteiger partial charge in [-0.2, -0.15) is 0 Å². The van der Waals surface area contributed by atoms with Crippen LogP contribution >= 0.6 is 0 Å². The van der Waals surface area contributed by atoms with Crippen LogP contribution in [0.3, 0.4) is 0 Å². The second-order valence-corrected chi connectivity index (χ2v) is 17.1. The molecule has 6 atom stereocenters. The lowest BCUT2D eigenvalue weighted by Crippen LogP contribution is -2.69. The number of hydrogen-bond donors (Lipinski definition) is 2. The molecule has 1 aliphatic heterocycles. The largest absolute Gasteiger partial charge is 0.459 e. The predicted molar refractivity (Wildman–Crippen MR) is 247 cm³/mol. The van der Waals surface area contributed by atoms with Gasteiger partial charge < -0.3 is 43.6 Å². The van der Waals surface area contributed by atoms with Gasteiger partial charge in [0, 0.05) is 38.2 Å². The number of allylic oxidation sites excluding steroid dienone is 1. The van der Waals surface area contributed by atoms with E-state index in [4.69, 9.17) is 33.7 Å². The minimum Gasteiger partial charge on any atom is -0.459 e. The molecule has 0 radical (unpaired) electrons. The number of benzene rings is 4. The summed E-state index contributed by atoms with van der Waals surface area (Å²) in [6.45, 7) is 9.48. The van der Waals surface area contributed by atoms with Crippen LogP contribution < -0.4 is 9.47 Å². The first-order valence-corrected chi connectivity index (χ1v) is 22.8. The molecule has 2 N–H and O–H groups in total. The molecule has 340 valence electrons. The molecule has 2 aliphatic carbocycles. The third kappa shape index (κ3) is 10.9. The summed E-state index contributed by atoms with van der Waals surface area (Å²) in [5.41, 5.74) is 6.96. The van der Waals surface area contributed by atoms with Gasteiger partial charge in [-0.05, 0) is 110 Å². The fourth-order valence-corrected chi connectivity index (χ4v) is 9.64. The molecule has 0 saturated heterocycles. The highest BCUT2D eigenvalue weighted by atomic mass is 16.7. The highest BCUT2D eigenvalue weighted by molar-refractivity contribution is 6.03. The Bertz CT molecular complexity index is 2210. The maximum atomic E-state index is 14.2. The van der Waals surface area contributed by atoms with E-state index >= 15 is 0 Å². The summed E-state index contributed by atoms with van der Waals surface area (Å²) in [5.74, 6) is 0.132. The van der Waals surface area contributed by atoms with Crippen molar-refractivity contribution in [1.29, 1.82) is 0 Å². The molecule has 1 saturated carbocycles. The summed E-state index contributed by atoms with van der Waals surface area (Å²) in [5, 5.41) is 24.8. The zero-order valence-corrected chi connectivity index (χ0v) is 37.5. The van der Waals surface area contributed by atoms with E-state index in [9.17, 15) is 15.0 Å². The Hall–Kier alpha value is -5.46. The lowest BCUT2D eigenvalue weighted by Gasteiger charge is -2.59. The maximum Gasteiger partial charge on any atom is 0.410 e. The van der Waals surface area contributed by atoms with Gasteiger partial charge >= 0.3 is 6.09 Å². The highest BCUT2D eigenvalue weighted by Gasteiger charge is 2.65. The second kappa shape index (κ2) is 22.4. The van der Waals surface area contributed by atoms with Crippen LogP contribution in [0, 0.1) is 31.6 Å². The van der Waals surface area contributed by atoms with Gasteiger partial charge in [-0.3, -0.25) is 0 Å². The molecule has 1 fully saturated rings. The van der Waals surface area contributed by atoms with Gasteiger partial charge in [0.1, 0.15) is 36.5 Å². The number of carbonyl (C=O) groups is 1. The van der Waals surface area contributed by atoms with Gasteiger partial charge in [0.25, 0.3) is 0 Å². The molecule has 3 aliphatic rings. The summed E-state index contributed by atoms with van der Waals surface area (Å²) in [7, 11) is 1.72. The van der Waals surface area contributed by atoms with Crippen molar-refractivity contribution < 1.29 is 43.5 Å². The van der Waals surface area contributed by atoms with Crippen LogP contribution in [-0.4, -0.2) is 78.8 Å². The van der Waals surface area contributed by atoms with Gasteiger partial charge in [-0.25, -0.2) is 4.79 Å². The van der Waals surface area contributed by atoms with Crippen molar-refractivity contribution in [2.45, 2.75) is 89.8 Å². The molecule has 0 aromatic heterocycles. The van der Waals surface area contributed by atoms with Crippen molar-refractivity contribution >= 4 is 11.8 Å². The fourth-order valence-electron chi connectivity index (χ4n) is 9.64. The smallest absolute Gasteiger partial charge is 0.410 e. The predicted octanol–water partition coefficient (Wildman–Crippen LogP) is 10.2. The van der Waals surface area contributed by atoms with Crippen LogP contribution in [-0.2, 0) is 32.3 Å². The van der Waals surface area contributed by atoms with E-state index in [1.165, 1.54) is 5.56 Å². The minimum atomic E-state index is -1.41. The first-order chi connectivity index (χ1) is 31.3. The van der Waals surface area contributed by atoms with Crippen LogP contribution in [0.25, 0.3) is 0 Å². The van der Waals surface area contributed by atoms with E-state index in [2.05, 4.69) is 38.6 Å². The van der Waals surface area contributed by atoms with Crippen molar-refractivity contribution in [2.24, 2.45) is 22.9 Å². The summed E-state index contributed by atoms with van der Waals surface area (Å²) in [6.07, 6.45) is 8.39. The number of carbonyl (C=O) groups excluding carboxylic acids is 1. The van der Waals surface area contributed by atoms with Gasteiger partial charge in [0.05, 0.1) is 31.5 Å². The summed E-state index contributed by atoms with van der Waals surface area (Å²) in [4.78, 5) is 22.0. The number of likely N-dealkylation sites (N-methyl/N-ethyl adjacent to an activating group) is 1. The van der Waals surface area contributed by atoms with Gasteiger partial charge in [0.15, 0.2) is 0 Å². The molecular weight excluding hydrogens is 809 g/mol. The highest BCUT2D eigenvalue weighted by Crippen LogP contribution is 2.62. The number of ether oxygens (including phenoxy) is 5. The molecule has 4 aromatic carbocycles. The van der Waals surface area contributed by atoms with Gasteiger partial charge in [-0.15, -0.1) is 6.58 Å². The zero-order chi connectivity index (χ0) is 44.9. The molecule has 0 bridgehead atoms. The molecule has 4 aromatic rings. The number of aliphatic hydroxyl groups excluding tert-OH is 2. The average Bonchev–Trinajstić information content (AvgIpc) is 3.31. The number of unbranched alkanes of at least 4 members (excludes halogenated alkanes) is 2. The Kier molecular flexibility index (Phi) is 16.3. The minimum absolute atomic E-state index is 0.0526. The van der Waals surface area contributed by atoms with E-state index in [-0.39, 0.29) is 63.8 Å².